The lowest BCUT2D eigenvalue weighted by Gasteiger charge is -2.23. The Balaban J connectivity index is 2.16. The van der Waals surface area contributed by atoms with Gasteiger partial charge in [0.15, 0.2) is 5.78 Å². The van der Waals surface area contributed by atoms with Crippen molar-refractivity contribution in [3.8, 4) is 0 Å². The van der Waals surface area contributed by atoms with Crippen LogP contribution >= 0.6 is 0 Å². The van der Waals surface area contributed by atoms with Crippen molar-refractivity contribution >= 4 is 11.6 Å². The summed E-state index contributed by atoms with van der Waals surface area (Å²) in [6, 6.07) is 17.1. The van der Waals surface area contributed by atoms with Crippen molar-refractivity contribution in [2.45, 2.75) is 46.5 Å². The van der Waals surface area contributed by atoms with Crippen LogP contribution in [-0.2, 0) is 4.79 Å². The van der Waals surface area contributed by atoms with Crippen molar-refractivity contribution in [3.63, 3.8) is 0 Å². The Morgan fingerprint density at radius 3 is 2.11 bits per heavy atom. The quantitative estimate of drug-likeness (QED) is 0.392. The number of carbonyl (C=O) groups excluding carboxylic acids is 2. The predicted octanol–water partition coefficient (Wildman–Crippen LogP) is 6.22. The van der Waals surface area contributed by atoms with Gasteiger partial charge in [-0.2, -0.15) is 0 Å². The first-order chi connectivity index (χ1) is 12.8. The van der Waals surface area contributed by atoms with Crippen molar-refractivity contribution in [2.24, 2.45) is 11.8 Å². The van der Waals surface area contributed by atoms with Crippen molar-refractivity contribution < 1.29 is 9.59 Å². The van der Waals surface area contributed by atoms with E-state index in [1.165, 1.54) is 0 Å². The van der Waals surface area contributed by atoms with E-state index >= 15 is 0 Å². The summed E-state index contributed by atoms with van der Waals surface area (Å²) in [7, 11) is 0. The van der Waals surface area contributed by atoms with Gasteiger partial charge in [0.05, 0.1) is 0 Å². The number of benzene rings is 2. The normalized spacial score (nSPS) is 14.2. The van der Waals surface area contributed by atoms with Gasteiger partial charge in [-0.1, -0.05) is 74.5 Å². The van der Waals surface area contributed by atoms with Crippen LogP contribution in [-0.4, -0.2) is 11.6 Å². The molecule has 0 heterocycles. The van der Waals surface area contributed by atoms with E-state index in [9.17, 15) is 9.59 Å². The fourth-order valence-corrected chi connectivity index (χ4v) is 3.36. The number of Topliss-reactive ketones (excluding diaryl/α,β-unsaturated/α-hetero) is 1. The van der Waals surface area contributed by atoms with E-state index in [0.717, 1.165) is 24.0 Å². The first kappa shape index (κ1) is 20.8. The first-order valence-electron chi connectivity index (χ1n) is 9.65. The minimum atomic E-state index is 0.0141. The zero-order valence-corrected chi connectivity index (χ0v) is 16.9. The fourth-order valence-electron chi connectivity index (χ4n) is 3.36. The molecule has 3 unspecified atom stereocenters. The molecular formula is C25H30O2. The third-order valence-corrected chi connectivity index (χ3v) is 5.45. The zero-order valence-electron chi connectivity index (χ0n) is 16.9. The second-order valence-corrected chi connectivity index (χ2v) is 7.75. The van der Waals surface area contributed by atoms with E-state index in [-0.39, 0.29) is 23.4 Å². The first-order valence-corrected chi connectivity index (χ1v) is 9.65. The summed E-state index contributed by atoms with van der Waals surface area (Å²) in [4.78, 5) is 24.9. The summed E-state index contributed by atoms with van der Waals surface area (Å²) in [5.74, 6) is 0.812. The van der Waals surface area contributed by atoms with Crippen molar-refractivity contribution in [1.29, 1.82) is 0 Å². The highest BCUT2D eigenvalue weighted by Gasteiger charge is 2.22. The molecule has 0 saturated carbocycles. The van der Waals surface area contributed by atoms with Gasteiger partial charge in [-0.3, -0.25) is 9.59 Å². The summed E-state index contributed by atoms with van der Waals surface area (Å²) >= 11 is 0. The van der Waals surface area contributed by atoms with Crippen LogP contribution in [0.2, 0.25) is 0 Å². The van der Waals surface area contributed by atoms with Gasteiger partial charge in [0, 0.05) is 17.0 Å². The molecule has 0 amide bonds. The average molecular weight is 363 g/mol. The third kappa shape index (κ3) is 5.75. The highest BCUT2D eigenvalue weighted by molar-refractivity contribution is 6.09. The molecule has 0 aliphatic rings. The van der Waals surface area contributed by atoms with Gasteiger partial charge in [0.25, 0.3) is 0 Å². The van der Waals surface area contributed by atoms with Crippen molar-refractivity contribution in [3.05, 3.63) is 83.4 Å². The Hall–Kier alpha value is -2.48. The summed E-state index contributed by atoms with van der Waals surface area (Å²) in [5.41, 5.74) is 3.61. The number of carbonyl (C=O) groups is 2. The van der Waals surface area contributed by atoms with Gasteiger partial charge in [-0.15, -0.1) is 0 Å². The molecule has 0 radical (unpaired) electrons. The summed E-state index contributed by atoms with van der Waals surface area (Å²) < 4.78 is 0. The average Bonchev–Trinajstić information content (AvgIpc) is 2.67. The smallest absolute Gasteiger partial charge is 0.193 e. The van der Waals surface area contributed by atoms with Crippen LogP contribution < -0.4 is 0 Å². The molecule has 2 aromatic carbocycles. The Morgan fingerprint density at radius 1 is 0.889 bits per heavy atom. The van der Waals surface area contributed by atoms with Crippen molar-refractivity contribution in [1.82, 2.24) is 0 Å². The van der Waals surface area contributed by atoms with Gasteiger partial charge < -0.3 is 0 Å². The summed E-state index contributed by atoms with van der Waals surface area (Å²) in [6.45, 7) is 12.0. The molecule has 2 rings (SSSR count). The van der Waals surface area contributed by atoms with Crippen molar-refractivity contribution in [2.75, 3.05) is 0 Å². The van der Waals surface area contributed by atoms with E-state index in [1.807, 2.05) is 61.5 Å². The van der Waals surface area contributed by atoms with Gasteiger partial charge in [-0.25, -0.2) is 0 Å². The molecule has 0 N–H and O–H groups in total. The van der Waals surface area contributed by atoms with Crippen LogP contribution in [0, 0.1) is 11.8 Å². The zero-order chi connectivity index (χ0) is 20.0. The van der Waals surface area contributed by atoms with Gasteiger partial charge >= 0.3 is 0 Å². The van der Waals surface area contributed by atoms with Crippen LogP contribution in [0.15, 0.2) is 66.7 Å². The lowest BCUT2D eigenvalue weighted by molar-refractivity contribution is -0.121. The maximum absolute atomic E-state index is 12.7. The number of rotatable bonds is 9. The number of allylic oxidation sites excluding steroid dienone is 1. The van der Waals surface area contributed by atoms with E-state index in [0.29, 0.717) is 17.0 Å². The SMILES string of the molecule is C=C(C)C(C)CC(CC(C)c1cccc(C(=O)c2ccccc2)c1)C(C)=O. The maximum Gasteiger partial charge on any atom is 0.193 e. The van der Waals surface area contributed by atoms with Crippen LogP contribution in [0.3, 0.4) is 0 Å². The molecule has 0 spiro atoms. The highest BCUT2D eigenvalue weighted by Crippen LogP contribution is 2.30. The van der Waals surface area contributed by atoms with Crippen LogP contribution in [0.4, 0.5) is 0 Å². The van der Waals surface area contributed by atoms with E-state index in [1.54, 1.807) is 6.92 Å². The van der Waals surface area contributed by atoms with E-state index < -0.39 is 0 Å². The van der Waals surface area contributed by atoms with Gasteiger partial charge in [0.1, 0.15) is 5.78 Å². The highest BCUT2D eigenvalue weighted by atomic mass is 16.1. The molecule has 27 heavy (non-hydrogen) atoms. The van der Waals surface area contributed by atoms with Gasteiger partial charge in [-0.05, 0) is 50.2 Å². The molecule has 3 atom stereocenters. The Morgan fingerprint density at radius 2 is 1.52 bits per heavy atom. The molecule has 0 fully saturated rings. The summed E-state index contributed by atoms with van der Waals surface area (Å²) in [6.07, 6.45) is 1.62. The summed E-state index contributed by atoms with van der Waals surface area (Å²) in [5, 5.41) is 0. The molecule has 0 bridgehead atoms. The molecule has 0 aliphatic carbocycles. The number of ketones is 2. The molecule has 2 aromatic rings. The molecule has 0 aliphatic heterocycles. The molecule has 0 aromatic heterocycles. The standard InChI is InChI=1S/C25H30O2/c1-17(2)18(3)14-24(20(5)26)15-19(4)22-12-9-13-23(16-22)25(27)21-10-7-6-8-11-21/h6-13,16,18-19,24H,1,14-15H2,2-5H3. The second-order valence-electron chi connectivity index (χ2n) is 7.75. The fraction of sp³-hybridized carbons (Fsp3) is 0.360. The molecule has 2 nitrogen and oxygen atoms in total. The molecule has 142 valence electrons. The lowest BCUT2D eigenvalue weighted by Crippen LogP contribution is -2.17. The van der Waals surface area contributed by atoms with Crippen LogP contribution in [0.5, 0.6) is 0 Å². The Kier molecular flexibility index (Phi) is 7.29. The Bertz CT molecular complexity index is 804. The predicted molar refractivity (Wildman–Crippen MR) is 112 cm³/mol. The molecular weight excluding hydrogens is 332 g/mol. The molecule has 0 saturated heterocycles. The minimum absolute atomic E-state index is 0.0141. The van der Waals surface area contributed by atoms with Crippen LogP contribution in [0.1, 0.15) is 67.9 Å². The Labute approximate surface area is 163 Å². The molecule has 2 heteroatoms. The van der Waals surface area contributed by atoms with Crippen LogP contribution in [0.25, 0.3) is 0 Å². The number of hydrogen-bond acceptors (Lipinski definition) is 2. The third-order valence-electron chi connectivity index (χ3n) is 5.45. The van der Waals surface area contributed by atoms with E-state index in [2.05, 4.69) is 20.4 Å². The number of hydrogen-bond donors (Lipinski definition) is 0. The second kappa shape index (κ2) is 9.45. The largest absolute Gasteiger partial charge is 0.300 e. The van der Waals surface area contributed by atoms with Gasteiger partial charge in [0.2, 0.25) is 0 Å². The lowest BCUT2D eigenvalue weighted by atomic mass is 9.81. The topological polar surface area (TPSA) is 34.1 Å². The van der Waals surface area contributed by atoms with E-state index in [4.69, 9.17) is 0 Å². The maximum atomic E-state index is 12.7. The monoisotopic (exact) mass is 362 g/mol. The minimum Gasteiger partial charge on any atom is -0.300 e.